The molecule has 1 aromatic carbocycles. The van der Waals surface area contributed by atoms with Crippen LogP contribution in [0.15, 0.2) is 36.5 Å². The molecule has 102 valence electrons. The summed E-state index contributed by atoms with van der Waals surface area (Å²) in [5, 5.41) is 17.9. The van der Waals surface area contributed by atoms with Crippen molar-refractivity contribution >= 4 is 0 Å². The molecule has 4 nitrogen and oxygen atoms in total. The molecule has 0 spiro atoms. The van der Waals surface area contributed by atoms with Crippen molar-refractivity contribution in [2.24, 2.45) is 5.92 Å². The van der Waals surface area contributed by atoms with Gasteiger partial charge in [0.05, 0.1) is 6.20 Å². The summed E-state index contributed by atoms with van der Waals surface area (Å²) >= 11 is 0. The van der Waals surface area contributed by atoms with Gasteiger partial charge in [-0.15, -0.1) is 5.10 Å². The zero-order valence-electron chi connectivity index (χ0n) is 11.7. The zero-order valence-corrected chi connectivity index (χ0v) is 11.7. The number of nitrogens with zero attached hydrogens (tertiary/aromatic N) is 3. The predicted molar refractivity (Wildman–Crippen MR) is 74.6 cm³/mol. The normalized spacial score (nSPS) is 13.5. The molecule has 2 aromatic rings. The largest absolute Gasteiger partial charge is 0.384 e. The Bertz CT molecular complexity index is 514. The number of aliphatic hydroxyl groups is 1. The highest BCUT2D eigenvalue weighted by atomic mass is 16.3. The van der Waals surface area contributed by atoms with Gasteiger partial charge in [0.25, 0.3) is 0 Å². The van der Waals surface area contributed by atoms with Crippen LogP contribution < -0.4 is 0 Å². The van der Waals surface area contributed by atoms with Gasteiger partial charge in [-0.1, -0.05) is 42.5 Å². The summed E-state index contributed by atoms with van der Waals surface area (Å²) in [6.07, 6.45) is 2.83. The lowest BCUT2D eigenvalue weighted by Gasteiger charge is -2.13. The van der Waals surface area contributed by atoms with Gasteiger partial charge < -0.3 is 5.11 Å². The van der Waals surface area contributed by atoms with E-state index in [4.69, 9.17) is 0 Å². The molecule has 0 saturated carbocycles. The smallest absolute Gasteiger partial charge is 0.114 e. The minimum atomic E-state index is -0.930. The molecule has 0 radical (unpaired) electrons. The van der Waals surface area contributed by atoms with E-state index >= 15 is 0 Å². The summed E-state index contributed by atoms with van der Waals surface area (Å²) < 4.78 is 1.81. The van der Waals surface area contributed by atoms with Gasteiger partial charge in [0.1, 0.15) is 11.3 Å². The van der Waals surface area contributed by atoms with Gasteiger partial charge >= 0.3 is 0 Å². The third kappa shape index (κ3) is 3.89. The average molecular weight is 259 g/mol. The van der Waals surface area contributed by atoms with Crippen LogP contribution >= 0.6 is 0 Å². The minimum Gasteiger partial charge on any atom is -0.384 e. The third-order valence-corrected chi connectivity index (χ3v) is 3.09. The molecule has 4 heteroatoms. The summed E-state index contributed by atoms with van der Waals surface area (Å²) in [6, 6.07) is 10.4. The Morgan fingerprint density at radius 3 is 2.53 bits per heavy atom. The number of hydrogen-bond acceptors (Lipinski definition) is 3. The molecule has 0 aliphatic heterocycles. The van der Waals surface area contributed by atoms with Crippen molar-refractivity contribution in [3.63, 3.8) is 0 Å². The molecule has 0 unspecified atom stereocenters. The van der Waals surface area contributed by atoms with Crippen molar-refractivity contribution in [2.45, 2.75) is 39.3 Å². The van der Waals surface area contributed by atoms with Crippen LogP contribution in [0.1, 0.15) is 32.0 Å². The monoisotopic (exact) mass is 259 g/mol. The topological polar surface area (TPSA) is 50.9 Å². The molecule has 1 atom stereocenters. The van der Waals surface area contributed by atoms with Gasteiger partial charge in [0.15, 0.2) is 0 Å². The third-order valence-electron chi connectivity index (χ3n) is 3.09. The number of benzene rings is 1. The van der Waals surface area contributed by atoms with E-state index in [0.29, 0.717) is 11.6 Å². The van der Waals surface area contributed by atoms with Crippen LogP contribution in [0.5, 0.6) is 0 Å². The first-order valence-corrected chi connectivity index (χ1v) is 6.62. The molecule has 1 aromatic heterocycles. The van der Waals surface area contributed by atoms with Gasteiger partial charge in [0.2, 0.25) is 0 Å². The van der Waals surface area contributed by atoms with Crippen LogP contribution in [-0.2, 0) is 18.6 Å². The van der Waals surface area contributed by atoms with Crippen molar-refractivity contribution < 1.29 is 5.11 Å². The fourth-order valence-corrected chi connectivity index (χ4v) is 2.07. The van der Waals surface area contributed by atoms with Crippen LogP contribution in [-0.4, -0.2) is 20.1 Å². The molecular weight excluding hydrogens is 238 g/mol. The van der Waals surface area contributed by atoms with Crippen LogP contribution in [0, 0.1) is 5.92 Å². The highest BCUT2D eigenvalue weighted by Gasteiger charge is 2.20. The second-order valence-corrected chi connectivity index (χ2v) is 5.68. The molecule has 0 saturated heterocycles. The van der Waals surface area contributed by atoms with E-state index in [1.807, 2.05) is 12.3 Å². The molecule has 1 heterocycles. The Balaban J connectivity index is 1.96. The Kier molecular flexibility index (Phi) is 4.00. The summed E-state index contributed by atoms with van der Waals surface area (Å²) in [7, 11) is 0. The number of aromatic nitrogens is 3. The van der Waals surface area contributed by atoms with Crippen molar-refractivity contribution in [3.05, 3.63) is 47.8 Å². The van der Waals surface area contributed by atoms with E-state index in [9.17, 15) is 5.11 Å². The van der Waals surface area contributed by atoms with Crippen LogP contribution in [0.25, 0.3) is 0 Å². The second-order valence-electron chi connectivity index (χ2n) is 5.68. The van der Waals surface area contributed by atoms with E-state index in [-0.39, 0.29) is 0 Å². The van der Waals surface area contributed by atoms with Crippen molar-refractivity contribution in [1.29, 1.82) is 0 Å². The Morgan fingerprint density at radius 2 is 1.95 bits per heavy atom. The van der Waals surface area contributed by atoms with Crippen molar-refractivity contribution in [1.82, 2.24) is 15.0 Å². The molecule has 19 heavy (non-hydrogen) atoms. The highest BCUT2D eigenvalue weighted by Crippen LogP contribution is 2.16. The fraction of sp³-hybridized carbons (Fsp3) is 0.467. The first-order chi connectivity index (χ1) is 8.95. The SMILES string of the molecule is C[C@H](Cc1ccccc1)Cn1cc(C(C)(C)O)nn1. The van der Waals surface area contributed by atoms with E-state index in [1.165, 1.54) is 5.56 Å². The Morgan fingerprint density at radius 1 is 1.26 bits per heavy atom. The summed E-state index contributed by atoms with van der Waals surface area (Å²) in [5.74, 6) is 0.471. The first kappa shape index (κ1) is 13.7. The lowest BCUT2D eigenvalue weighted by Crippen LogP contribution is -2.16. The highest BCUT2D eigenvalue weighted by molar-refractivity contribution is 5.15. The van der Waals surface area contributed by atoms with Crippen molar-refractivity contribution in [2.75, 3.05) is 0 Å². The standard InChI is InChI=1S/C15H21N3O/c1-12(9-13-7-5-4-6-8-13)10-18-11-14(16-17-18)15(2,3)19/h4-8,11-12,19H,9-10H2,1-3H3/t12-/m1/s1. The molecule has 2 rings (SSSR count). The summed E-state index contributed by atoms with van der Waals surface area (Å²) in [4.78, 5) is 0. The maximum absolute atomic E-state index is 9.86. The maximum atomic E-state index is 9.86. The molecule has 0 amide bonds. The maximum Gasteiger partial charge on any atom is 0.114 e. The zero-order chi connectivity index (χ0) is 13.9. The van der Waals surface area contributed by atoms with Gasteiger partial charge in [-0.3, -0.25) is 4.68 Å². The van der Waals surface area contributed by atoms with Crippen molar-refractivity contribution in [3.8, 4) is 0 Å². The fourth-order valence-electron chi connectivity index (χ4n) is 2.07. The second kappa shape index (κ2) is 5.53. The van der Waals surface area contributed by atoms with E-state index in [2.05, 4.69) is 41.5 Å². The van der Waals surface area contributed by atoms with Crippen LogP contribution in [0.2, 0.25) is 0 Å². The quantitative estimate of drug-likeness (QED) is 0.897. The molecule has 1 N–H and O–H groups in total. The Hall–Kier alpha value is -1.68. The molecule has 0 fully saturated rings. The molecule has 0 bridgehead atoms. The van der Waals surface area contributed by atoms with Gasteiger partial charge in [-0.25, -0.2) is 0 Å². The van der Waals surface area contributed by atoms with E-state index in [0.717, 1.165) is 13.0 Å². The average Bonchev–Trinajstić information content (AvgIpc) is 2.78. The van der Waals surface area contributed by atoms with E-state index in [1.54, 1.807) is 18.5 Å². The minimum absolute atomic E-state index is 0.471. The molecular formula is C15H21N3O. The molecule has 0 aliphatic rings. The first-order valence-electron chi connectivity index (χ1n) is 6.62. The summed E-state index contributed by atoms with van der Waals surface area (Å²) in [5.41, 5.74) is 1.01. The van der Waals surface area contributed by atoms with Gasteiger partial charge in [-0.2, -0.15) is 0 Å². The van der Waals surface area contributed by atoms with E-state index < -0.39 is 5.60 Å². The van der Waals surface area contributed by atoms with Crippen LogP contribution in [0.4, 0.5) is 0 Å². The van der Waals surface area contributed by atoms with Crippen LogP contribution in [0.3, 0.4) is 0 Å². The lowest BCUT2D eigenvalue weighted by molar-refractivity contribution is 0.0737. The predicted octanol–water partition coefficient (Wildman–Crippen LogP) is 2.38. The Labute approximate surface area is 114 Å². The van der Waals surface area contributed by atoms with Gasteiger partial charge in [-0.05, 0) is 31.7 Å². The number of rotatable bonds is 5. The summed E-state index contributed by atoms with van der Waals surface area (Å²) in [6.45, 7) is 6.43. The lowest BCUT2D eigenvalue weighted by atomic mass is 10.0. The number of hydrogen-bond donors (Lipinski definition) is 1. The molecule has 0 aliphatic carbocycles. The van der Waals surface area contributed by atoms with Gasteiger partial charge in [0, 0.05) is 6.54 Å².